The molecular weight excluding hydrogens is 512 g/mol. The van der Waals surface area contributed by atoms with E-state index in [1.165, 1.54) is 0 Å². The van der Waals surface area contributed by atoms with E-state index in [-0.39, 0.29) is 22.8 Å². The molecule has 1 aliphatic heterocycles. The van der Waals surface area contributed by atoms with Gasteiger partial charge in [0.25, 0.3) is 10.0 Å². The topological polar surface area (TPSA) is 85.9 Å². The van der Waals surface area contributed by atoms with Gasteiger partial charge in [0.2, 0.25) is 5.75 Å². The monoisotopic (exact) mass is 540 g/mol. The Labute approximate surface area is 222 Å². The number of halogens is 1. The van der Waals surface area contributed by atoms with Crippen molar-refractivity contribution in [2.24, 2.45) is 5.92 Å². The second-order valence-corrected chi connectivity index (χ2v) is 11.3. The first-order valence-corrected chi connectivity index (χ1v) is 13.8. The smallest absolute Gasteiger partial charge is 0.261 e. The van der Waals surface area contributed by atoms with Crippen molar-refractivity contribution in [1.29, 1.82) is 0 Å². The molecule has 194 valence electrons. The Morgan fingerprint density at radius 3 is 2.35 bits per heavy atom. The number of ether oxygens (including phenoxy) is 3. The predicted octanol–water partition coefficient (Wildman–Crippen LogP) is 6.30. The Morgan fingerprint density at radius 2 is 1.70 bits per heavy atom. The van der Waals surface area contributed by atoms with Gasteiger partial charge in [-0.25, -0.2) is 8.42 Å². The molecule has 0 radical (unpaired) electrons. The number of sulfonamides is 1. The molecule has 1 aliphatic carbocycles. The first-order chi connectivity index (χ1) is 17.7. The standard InChI is InChI=1S/C28H29ClN2O5S/c1-16-8-9-18(14-23(16)29)31-37(32,33)19-10-11-24-22(15-19)20-6-5-7-21(20)27(30-24)17-12-25(34-2)28(36-4)26(13-17)35-3/h5-6,8-15,20-21,27,30-31H,7H2,1-4H3/t20-,21+,27+/m0/s1. The molecule has 0 saturated carbocycles. The summed E-state index contributed by atoms with van der Waals surface area (Å²) in [5.74, 6) is 1.98. The van der Waals surface area contributed by atoms with Gasteiger partial charge in [0.1, 0.15) is 0 Å². The number of methoxy groups -OCH3 is 3. The number of fused-ring (bicyclic) bond motifs is 3. The molecule has 3 aromatic carbocycles. The molecule has 2 N–H and O–H groups in total. The number of rotatable bonds is 7. The normalized spacial score (nSPS) is 20.0. The average molecular weight is 541 g/mol. The molecule has 7 nitrogen and oxygen atoms in total. The summed E-state index contributed by atoms with van der Waals surface area (Å²) in [6.45, 7) is 1.87. The number of allylic oxidation sites excluding steroid dienone is 2. The summed E-state index contributed by atoms with van der Waals surface area (Å²) in [5.41, 5.74) is 4.15. The summed E-state index contributed by atoms with van der Waals surface area (Å²) in [7, 11) is 0.984. The van der Waals surface area contributed by atoms with E-state index >= 15 is 0 Å². The third-order valence-corrected chi connectivity index (χ3v) is 8.90. The lowest BCUT2D eigenvalue weighted by Gasteiger charge is -2.38. The zero-order valence-electron chi connectivity index (χ0n) is 21.0. The highest BCUT2D eigenvalue weighted by atomic mass is 35.5. The van der Waals surface area contributed by atoms with Crippen LogP contribution in [-0.4, -0.2) is 29.7 Å². The van der Waals surface area contributed by atoms with Gasteiger partial charge >= 0.3 is 0 Å². The van der Waals surface area contributed by atoms with Gasteiger partial charge in [-0.15, -0.1) is 0 Å². The van der Waals surface area contributed by atoms with E-state index in [1.54, 1.807) is 51.7 Å². The van der Waals surface area contributed by atoms with E-state index in [2.05, 4.69) is 22.2 Å². The first kappa shape index (κ1) is 25.3. The van der Waals surface area contributed by atoms with Crippen LogP contribution in [0.5, 0.6) is 17.2 Å². The molecular formula is C28H29ClN2O5S. The molecule has 0 amide bonds. The van der Waals surface area contributed by atoms with Gasteiger partial charge < -0.3 is 19.5 Å². The molecule has 0 aromatic heterocycles. The van der Waals surface area contributed by atoms with Gasteiger partial charge in [-0.3, -0.25) is 4.72 Å². The second-order valence-electron chi connectivity index (χ2n) is 9.25. The summed E-state index contributed by atoms with van der Waals surface area (Å²) in [4.78, 5) is 0.204. The van der Waals surface area contributed by atoms with Gasteiger partial charge in [0.15, 0.2) is 11.5 Å². The Balaban J connectivity index is 1.50. The number of benzene rings is 3. The number of hydrogen-bond acceptors (Lipinski definition) is 6. The van der Waals surface area contributed by atoms with Crippen molar-refractivity contribution in [3.8, 4) is 17.2 Å². The van der Waals surface area contributed by atoms with Crippen LogP contribution in [0.4, 0.5) is 11.4 Å². The number of aryl methyl sites for hydroxylation is 1. The lowest BCUT2D eigenvalue weighted by atomic mass is 9.77. The van der Waals surface area contributed by atoms with Crippen LogP contribution in [0.1, 0.15) is 35.1 Å². The molecule has 0 bridgehead atoms. The van der Waals surface area contributed by atoms with Crippen LogP contribution in [0.25, 0.3) is 0 Å². The quantitative estimate of drug-likeness (QED) is 0.342. The molecule has 0 saturated heterocycles. The van der Waals surface area contributed by atoms with Crippen LogP contribution < -0.4 is 24.2 Å². The maximum Gasteiger partial charge on any atom is 0.261 e. The molecule has 5 rings (SSSR count). The predicted molar refractivity (Wildman–Crippen MR) is 146 cm³/mol. The lowest BCUT2D eigenvalue weighted by Crippen LogP contribution is -2.29. The SMILES string of the molecule is COc1cc([C@H]2Nc3ccc(S(=O)(=O)Nc4ccc(C)c(Cl)c4)cc3[C@H]3C=CC[C@H]32)cc(OC)c1OC. The summed E-state index contributed by atoms with van der Waals surface area (Å²) in [5, 5.41) is 4.15. The Kier molecular flexibility index (Phi) is 6.72. The fourth-order valence-corrected chi connectivity index (χ4v) is 6.49. The minimum absolute atomic E-state index is 0.0310. The van der Waals surface area contributed by atoms with Crippen LogP contribution in [0, 0.1) is 12.8 Å². The molecule has 0 fully saturated rings. The third kappa shape index (κ3) is 4.60. The van der Waals surface area contributed by atoms with Crippen molar-refractivity contribution in [2.75, 3.05) is 31.4 Å². The minimum atomic E-state index is -3.80. The molecule has 3 aromatic rings. The summed E-state index contributed by atoms with van der Waals surface area (Å²) >= 11 is 6.19. The Morgan fingerprint density at radius 1 is 0.973 bits per heavy atom. The van der Waals surface area contributed by atoms with E-state index in [9.17, 15) is 8.42 Å². The molecule has 2 aliphatic rings. The highest BCUT2D eigenvalue weighted by Gasteiger charge is 2.39. The zero-order valence-corrected chi connectivity index (χ0v) is 22.6. The van der Waals surface area contributed by atoms with Gasteiger partial charge in [-0.1, -0.05) is 29.8 Å². The van der Waals surface area contributed by atoms with Crippen molar-refractivity contribution in [3.63, 3.8) is 0 Å². The molecule has 9 heteroatoms. The summed E-state index contributed by atoms with van der Waals surface area (Å²) < 4.78 is 45.8. The zero-order chi connectivity index (χ0) is 26.3. The second kappa shape index (κ2) is 9.84. The fraction of sp³-hybridized carbons (Fsp3) is 0.286. The van der Waals surface area contributed by atoms with Gasteiger partial charge in [-0.05, 0) is 78.4 Å². The Hall–Kier alpha value is -3.36. The molecule has 37 heavy (non-hydrogen) atoms. The Bertz CT molecular complexity index is 1460. The van der Waals surface area contributed by atoms with Crippen LogP contribution in [0.15, 0.2) is 65.6 Å². The van der Waals surface area contributed by atoms with Crippen LogP contribution in [0.3, 0.4) is 0 Å². The first-order valence-electron chi connectivity index (χ1n) is 11.9. The van der Waals surface area contributed by atoms with Crippen molar-refractivity contribution >= 4 is 33.0 Å². The minimum Gasteiger partial charge on any atom is -0.493 e. The largest absolute Gasteiger partial charge is 0.493 e. The van der Waals surface area contributed by atoms with Crippen molar-refractivity contribution in [1.82, 2.24) is 0 Å². The maximum atomic E-state index is 13.2. The van der Waals surface area contributed by atoms with E-state index in [4.69, 9.17) is 25.8 Å². The van der Waals surface area contributed by atoms with Crippen molar-refractivity contribution < 1.29 is 22.6 Å². The number of anilines is 2. The van der Waals surface area contributed by atoms with Gasteiger partial charge in [0.05, 0.1) is 38.0 Å². The van der Waals surface area contributed by atoms with E-state index in [0.29, 0.717) is 28.0 Å². The summed E-state index contributed by atoms with van der Waals surface area (Å²) in [6.07, 6.45) is 5.18. The van der Waals surface area contributed by atoms with Crippen LogP contribution >= 0.6 is 11.6 Å². The van der Waals surface area contributed by atoms with E-state index in [1.807, 2.05) is 25.1 Å². The van der Waals surface area contributed by atoms with E-state index < -0.39 is 10.0 Å². The van der Waals surface area contributed by atoms with Gasteiger partial charge in [0, 0.05) is 16.6 Å². The highest BCUT2D eigenvalue weighted by Crippen LogP contribution is 2.52. The molecule has 0 spiro atoms. The molecule has 3 atom stereocenters. The van der Waals surface area contributed by atoms with E-state index in [0.717, 1.165) is 28.8 Å². The summed E-state index contributed by atoms with van der Waals surface area (Å²) in [6, 6.07) is 14.2. The van der Waals surface area contributed by atoms with Crippen molar-refractivity contribution in [2.45, 2.75) is 30.2 Å². The van der Waals surface area contributed by atoms with Crippen molar-refractivity contribution in [3.05, 3.63) is 82.4 Å². The number of nitrogens with one attached hydrogen (secondary N) is 2. The fourth-order valence-electron chi connectivity index (χ4n) is 5.22. The van der Waals surface area contributed by atoms with Gasteiger partial charge in [-0.2, -0.15) is 0 Å². The maximum absolute atomic E-state index is 13.2. The number of hydrogen-bond donors (Lipinski definition) is 2. The molecule has 0 unspecified atom stereocenters. The highest BCUT2D eigenvalue weighted by molar-refractivity contribution is 7.92. The van der Waals surface area contributed by atoms with Crippen LogP contribution in [0.2, 0.25) is 5.02 Å². The van der Waals surface area contributed by atoms with Crippen LogP contribution in [-0.2, 0) is 10.0 Å². The third-order valence-electron chi connectivity index (χ3n) is 7.11. The lowest BCUT2D eigenvalue weighted by molar-refractivity contribution is 0.322. The molecule has 1 heterocycles. The average Bonchev–Trinajstić information content (AvgIpc) is 3.39.